The molecule has 0 saturated carbocycles. The third-order valence-electron chi connectivity index (χ3n) is 4.54. The van der Waals surface area contributed by atoms with Crippen LogP contribution in [0, 0.1) is 0 Å². The minimum Gasteiger partial charge on any atom is -0.465 e. The highest BCUT2D eigenvalue weighted by Crippen LogP contribution is 2.18. The number of carbonyl (C=O) groups is 2. The number of hydrogen-bond donors (Lipinski definition) is 1. The minimum atomic E-state index is -0.858. The van der Waals surface area contributed by atoms with Crippen LogP contribution in [0.25, 0.3) is 0 Å². The molecule has 2 saturated heterocycles. The number of benzene rings is 1. The van der Waals surface area contributed by atoms with Crippen LogP contribution in [0.15, 0.2) is 24.3 Å². The Balaban J connectivity index is 1.63. The highest BCUT2D eigenvalue weighted by molar-refractivity contribution is 5.94. The van der Waals surface area contributed by atoms with Crippen LogP contribution in [-0.2, 0) is 4.74 Å². The lowest BCUT2D eigenvalue weighted by Crippen LogP contribution is -2.40. The molecule has 2 amide bonds. The maximum atomic E-state index is 12.4. The Bertz CT molecular complexity index is 584. The molecule has 2 aliphatic rings. The Morgan fingerprint density at radius 2 is 1.58 bits per heavy atom. The van der Waals surface area contributed by atoms with Crippen LogP contribution in [0.1, 0.15) is 16.8 Å². The van der Waals surface area contributed by atoms with Gasteiger partial charge in [-0.3, -0.25) is 4.79 Å². The third kappa shape index (κ3) is 3.79. The Kier molecular flexibility index (Phi) is 5.20. The molecule has 3 rings (SSSR count). The molecule has 0 aliphatic carbocycles. The summed E-state index contributed by atoms with van der Waals surface area (Å²) in [6, 6.07) is 7.61. The quantitative estimate of drug-likeness (QED) is 0.884. The molecule has 0 bridgehead atoms. The van der Waals surface area contributed by atoms with Crippen LogP contribution in [0.5, 0.6) is 0 Å². The van der Waals surface area contributed by atoms with Gasteiger partial charge in [0.2, 0.25) is 0 Å². The second-order valence-corrected chi connectivity index (χ2v) is 6.06. The maximum Gasteiger partial charge on any atom is 0.407 e. The summed E-state index contributed by atoms with van der Waals surface area (Å²) in [5.41, 5.74) is 1.71. The summed E-state index contributed by atoms with van der Waals surface area (Å²) < 4.78 is 5.28. The van der Waals surface area contributed by atoms with Crippen molar-refractivity contribution in [2.45, 2.75) is 6.42 Å². The molecule has 0 unspecified atom stereocenters. The van der Waals surface area contributed by atoms with Gasteiger partial charge in [-0.2, -0.15) is 0 Å². The van der Waals surface area contributed by atoms with Crippen LogP contribution in [0.2, 0.25) is 0 Å². The average Bonchev–Trinajstić information content (AvgIpc) is 2.88. The van der Waals surface area contributed by atoms with E-state index in [-0.39, 0.29) is 5.91 Å². The third-order valence-corrected chi connectivity index (χ3v) is 4.54. The summed E-state index contributed by atoms with van der Waals surface area (Å²) in [6.07, 6.45) is -0.0517. The van der Waals surface area contributed by atoms with Gasteiger partial charge in [-0.1, -0.05) is 0 Å². The largest absolute Gasteiger partial charge is 0.465 e. The molecular weight excluding hydrogens is 310 g/mol. The first kappa shape index (κ1) is 16.6. The molecule has 2 fully saturated rings. The van der Waals surface area contributed by atoms with E-state index in [0.717, 1.165) is 18.7 Å². The van der Waals surface area contributed by atoms with Crippen LogP contribution in [0.4, 0.5) is 10.5 Å². The molecule has 0 radical (unpaired) electrons. The Morgan fingerprint density at radius 1 is 0.875 bits per heavy atom. The topological polar surface area (TPSA) is 73.3 Å². The number of rotatable bonds is 2. The van der Waals surface area contributed by atoms with Gasteiger partial charge in [0, 0.05) is 50.5 Å². The zero-order valence-corrected chi connectivity index (χ0v) is 13.7. The highest BCUT2D eigenvalue weighted by Gasteiger charge is 2.20. The second kappa shape index (κ2) is 7.53. The van der Waals surface area contributed by atoms with Crippen molar-refractivity contribution >= 4 is 17.7 Å². The Hall–Kier alpha value is -2.28. The molecule has 2 aliphatic heterocycles. The fraction of sp³-hybridized carbons (Fsp3) is 0.529. The maximum absolute atomic E-state index is 12.4. The molecule has 130 valence electrons. The van der Waals surface area contributed by atoms with Gasteiger partial charge in [0.25, 0.3) is 5.91 Å². The molecule has 2 heterocycles. The number of carbonyl (C=O) groups excluding carboxylic acids is 1. The fourth-order valence-electron chi connectivity index (χ4n) is 3.13. The van der Waals surface area contributed by atoms with E-state index in [1.165, 1.54) is 4.90 Å². The number of ether oxygens (including phenoxy) is 1. The van der Waals surface area contributed by atoms with Gasteiger partial charge in [-0.15, -0.1) is 0 Å². The van der Waals surface area contributed by atoms with Crippen molar-refractivity contribution in [3.05, 3.63) is 29.8 Å². The predicted molar refractivity (Wildman–Crippen MR) is 89.6 cm³/mol. The normalized spacial score (nSPS) is 19.1. The molecule has 1 aromatic carbocycles. The van der Waals surface area contributed by atoms with Gasteiger partial charge in [0.1, 0.15) is 0 Å². The summed E-state index contributed by atoms with van der Waals surface area (Å²) in [4.78, 5) is 29.0. The predicted octanol–water partition coefficient (Wildman–Crippen LogP) is 1.35. The lowest BCUT2D eigenvalue weighted by Gasteiger charge is -2.27. The molecule has 7 heteroatoms. The van der Waals surface area contributed by atoms with Crippen LogP contribution >= 0.6 is 0 Å². The molecular formula is C17H23N3O4. The van der Waals surface area contributed by atoms with Gasteiger partial charge in [-0.05, 0) is 30.7 Å². The summed E-state index contributed by atoms with van der Waals surface area (Å²) in [5, 5.41) is 9.10. The smallest absolute Gasteiger partial charge is 0.407 e. The van der Waals surface area contributed by atoms with E-state index in [9.17, 15) is 9.59 Å². The van der Waals surface area contributed by atoms with Crippen LogP contribution in [-0.4, -0.2) is 79.4 Å². The van der Waals surface area contributed by atoms with Crippen molar-refractivity contribution in [2.24, 2.45) is 0 Å². The monoisotopic (exact) mass is 333 g/mol. The molecule has 0 aromatic heterocycles. The van der Waals surface area contributed by atoms with E-state index in [4.69, 9.17) is 9.84 Å². The first-order valence-electron chi connectivity index (χ1n) is 8.35. The summed E-state index contributed by atoms with van der Waals surface area (Å²) in [6.45, 7) is 5.03. The van der Waals surface area contributed by atoms with E-state index in [0.29, 0.717) is 51.5 Å². The zero-order valence-electron chi connectivity index (χ0n) is 13.7. The number of nitrogens with zero attached hydrogens (tertiary/aromatic N) is 3. The number of carboxylic acid groups (broad SMARTS) is 1. The van der Waals surface area contributed by atoms with Gasteiger partial charge < -0.3 is 24.5 Å². The first-order valence-corrected chi connectivity index (χ1v) is 8.35. The molecule has 1 N–H and O–H groups in total. The average molecular weight is 333 g/mol. The molecule has 0 atom stereocenters. The van der Waals surface area contributed by atoms with Gasteiger partial charge in [0.15, 0.2) is 0 Å². The van der Waals surface area contributed by atoms with E-state index in [2.05, 4.69) is 4.90 Å². The highest BCUT2D eigenvalue weighted by atomic mass is 16.5. The summed E-state index contributed by atoms with van der Waals surface area (Å²) in [5.74, 6) is 0.0396. The van der Waals surface area contributed by atoms with Crippen LogP contribution < -0.4 is 4.90 Å². The lowest BCUT2D eigenvalue weighted by atomic mass is 10.1. The minimum absolute atomic E-state index is 0.0396. The van der Waals surface area contributed by atoms with Crippen molar-refractivity contribution in [1.82, 2.24) is 9.80 Å². The number of hydrogen-bond acceptors (Lipinski definition) is 4. The van der Waals surface area contributed by atoms with Crippen molar-refractivity contribution < 1.29 is 19.4 Å². The Labute approximate surface area is 141 Å². The lowest BCUT2D eigenvalue weighted by molar-refractivity contribution is 0.0303. The summed E-state index contributed by atoms with van der Waals surface area (Å²) in [7, 11) is 0. The van der Waals surface area contributed by atoms with E-state index < -0.39 is 6.09 Å². The molecule has 24 heavy (non-hydrogen) atoms. The first-order chi connectivity index (χ1) is 11.6. The Morgan fingerprint density at radius 3 is 2.25 bits per heavy atom. The summed E-state index contributed by atoms with van der Waals surface area (Å²) >= 11 is 0. The second-order valence-electron chi connectivity index (χ2n) is 6.06. The number of amides is 2. The van der Waals surface area contributed by atoms with Gasteiger partial charge in [0.05, 0.1) is 13.2 Å². The van der Waals surface area contributed by atoms with Gasteiger partial charge >= 0.3 is 6.09 Å². The van der Waals surface area contributed by atoms with E-state index in [1.807, 2.05) is 29.2 Å². The van der Waals surface area contributed by atoms with Crippen molar-refractivity contribution in [1.29, 1.82) is 0 Å². The SMILES string of the molecule is O=C(O)N1CCCN(c2ccc(C(=O)N3CCOCC3)cc2)CC1. The standard InChI is InChI=1S/C17H23N3O4/c21-16(19-10-12-24-13-11-19)14-2-4-15(5-3-14)18-6-1-7-20(9-8-18)17(22)23/h2-5H,1,6-13H2,(H,22,23). The molecule has 7 nitrogen and oxygen atoms in total. The number of anilines is 1. The van der Waals surface area contributed by atoms with E-state index >= 15 is 0 Å². The fourth-order valence-corrected chi connectivity index (χ4v) is 3.13. The molecule has 0 spiro atoms. The molecule has 1 aromatic rings. The van der Waals surface area contributed by atoms with Gasteiger partial charge in [-0.25, -0.2) is 4.79 Å². The zero-order chi connectivity index (χ0) is 16.9. The number of morpholine rings is 1. The van der Waals surface area contributed by atoms with E-state index in [1.54, 1.807) is 0 Å². The van der Waals surface area contributed by atoms with Crippen molar-refractivity contribution in [3.63, 3.8) is 0 Å². The van der Waals surface area contributed by atoms with Crippen molar-refractivity contribution in [3.8, 4) is 0 Å². The van der Waals surface area contributed by atoms with Crippen molar-refractivity contribution in [2.75, 3.05) is 57.4 Å². The van der Waals surface area contributed by atoms with Crippen LogP contribution in [0.3, 0.4) is 0 Å².